The Hall–Kier alpha value is -2.36. The number of hydrogen-bond acceptors (Lipinski definition) is 3. The van der Waals surface area contributed by atoms with Gasteiger partial charge in [-0.25, -0.2) is 0 Å². The van der Waals surface area contributed by atoms with Gasteiger partial charge in [0.2, 0.25) is 0 Å². The average molecular weight is 347 g/mol. The molecule has 1 N–H and O–H groups in total. The average Bonchev–Trinajstić information content (AvgIpc) is 2.70. The quantitative estimate of drug-likeness (QED) is 0.731. The van der Waals surface area contributed by atoms with Gasteiger partial charge in [0.15, 0.2) is 0 Å². The smallest absolute Gasteiger partial charge is 0.127 e. The van der Waals surface area contributed by atoms with E-state index in [4.69, 9.17) is 4.74 Å². The second-order valence-electron chi connectivity index (χ2n) is 7.03. The minimum atomic E-state index is -0.453. The Morgan fingerprint density at radius 3 is 2.62 bits per heavy atom. The van der Waals surface area contributed by atoms with Crippen LogP contribution in [0.15, 0.2) is 66.7 Å². The number of aliphatic hydroxyl groups excluding tert-OH is 1. The molecule has 0 bridgehead atoms. The molecule has 26 heavy (non-hydrogen) atoms. The summed E-state index contributed by atoms with van der Waals surface area (Å²) in [6.07, 6.45) is 1.37. The van der Waals surface area contributed by atoms with Crippen molar-refractivity contribution >= 4 is 10.8 Å². The zero-order valence-electron chi connectivity index (χ0n) is 15.0. The van der Waals surface area contributed by atoms with Crippen LogP contribution in [0.25, 0.3) is 10.8 Å². The normalized spacial score (nSPS) is 15.6. The van der Waals surface area contributed by atoms with E-state index in [2.05, 4.69) is 47.4 Å². The molecule has 1 aliphatic rings. The molecule has 3 heteroatoms. The van der Waals surface area contributed by atoms with Crippen molar-refractivity contribution in [2.75, 3.05) is 19.7 Å². The van der Waals surface area contributed by atoms with Crippen molar-refractivity contribution < 1.29 is 9.84 Å². The number of benzene rings is 3. The Morgan fingerprint density at radius 1 is 0.923 bits per heavy atom. The van der Waals surface area contributed by atoms with Gasteiger partial charge in [0.1, 0.15) is 12.4 Å². The van der Waals surface area contributed by atoms with Crippen LogP contribution in [0, 0.1) is 0 Å². The molecule has 0 amide bonds. The maximum atomic E-state index is 10.4. The third-order valence-corrected chi connectivity index (χ3v) is 5.17. The Bertz CT molecular complexity index is 871. The highest BCUT2D eigenvalue weighted by molar-refractivity contribution is 5.88. The summed E-state index contributed by atoms with van der Waals surface area (Å²) in [6.45, 7) is 3.27. The molecular formula is C23H25NO2. The summed E-state index contributed by atoms with van der Waals surface area (Å²) >= 11 is 0. The Labute approximate surface area is 154 Å². The van der Waals surface area contributed by atoms with Gasteiger partial charge in [-0.15, -0.1) is 0 Å². The van der Waals surface area contributed by atoms with Gasteiger partial charge in [-0.2, -0.15) is 0 Å². The fraction of sp³-hybridized carbons (Fsp3) is 0.304. The predicted molar refractivity (Wildman–Crippen MR) is 105 cm³/mol. The first kappa shape index (κ1) is 17.1. The van der Waals surface area contributed by atoms with Crippen molar-refractivity contribution in [3.05, 3.63) is 77.9 Å². The molecule has 0 aromatic heterocycles. The van der Waals surface area contributed by atoms with E-state index in [1.54, 1.807) is 0 Å². The predicted octanol–water partition coefficient (Wildman–Crippen LogP) is 4.03. The van der Waals surface area contributed by atoms with Crippen LogP contribution >= 0.6 is 0 Å². The molecule has 1 atom stereocenters. The number of nitrogens with zero attached hydrogens (tertiary/aromatic N) is 1. The Morgan fingerprint density at radius 2 is 1.69 bits per heavy atom. The molecule has 0 saturated heterocycles. The van der Waals surface area contributed by atoms with Gasteiger partial charge in [-0.3, -0.25) is 4.90 Å². The van der Waals surface area contributed by atoms with E-state index in [9.17, 15) is 5.11 Å². The fourth-order valence-electron chi connectivity index (χ4n) is 3.67. The molecule has 0 saturated carbocycles. The molecule has 134 valence electrons. The standard InChI is InChI=1S/C23H25NO2/c25-21(13-15-24-14-12-18-6-1-2-8-20(18)16-24)17-26-23-11-5-9-19-7-3-4-10-22(19)23/h1-11,21,25H,12-17H2. The first-order valence-electron chi connectivity index (χ1n) is 9.37. The molecule has 1 aliphatic heterocycles. The maximum absolute atomic E-state index is 10.4. The molecule has 3 aromatic rings. The lowest BCUT2D eigenvalue weighted by Crippen LogP contribution is -2.33. The molecule has 1 heterocycles. The van der Waals surface area contributed by atoms with Gasteiger partial charge >= 0.3 is 0 Å². The highest BCUT2D eigenvalue weighted by Gasteiger charge is 2.17. The van der Waals surface area contributed by atoms with Crippen molar-refractivity contribution in [1.29, 1.82) is 0 Å². The molecule has 3 aromatic carbocycles. The van der Waals surface area contributed by atoms with Gasteiger partial charge in [0, 0.05) is 25.0 Å². The lowest BCUT2D eigenvalue weighted by Gasteiger charge is -2.29. The van der Waals surface area contributed by atoms with Gasteiger partial charge in [-0.1, -0.05) is 60.7 Å². The van der Waals surface area contributed by atoms with Crippen LogP contribution in [0.3, 0.4) is 0 Å². The van der Waals surface area contributed by atoms with Gasteiger partial charge < -0.3 is 9.84 Å². The fourth-order valence-corrected chi connectivity index (χ4v) is 3.67. The minimum absolute atomic E-state index is 0.332. The zero-order valence-corrected chi connectivity index (χ0v) is 15.0. The molecule has 1 unspecified atom stereocenters. The molecule has 3 nitrogen and oxygen atoms in total. The first-order valence-corrected chi connectivity index (χ1v) is 9.37. The highest BCUT2D eigenvalue weighted by atomic mass is 16.5. The number of rotatable bonds is 6. The Balaban J connectivity index is 1.29. The summed E-state index contributed by atoms with van der Waals surface area (Å²) < 4.78 is 5.91. The van der Waals surface area contributed by atoms with Crippen molar-refractivity contribution in [1.82, 2.24) is 4.90 Å². The van der Waals surface area contributed by atoms with E-state index in [-0.39, 0.29) is 0 Å². The molecule has 0 fully saturated rings. The highest BCUT2D eigenvalue weighted by Crippen LogP contribution is 2.25. The number of ether oxygens (including phenoxy) is 1. The van der Waals surface area contributed by atoms with E-state index in [1.807, 2.05) is 24.3 Å². The number of fused-ring (bicyclic) bond motifs is 2. The van der Waals surface area contributed by atoms with Crippen molar-refractivity contribution in [3.63, 3.8) is 0 Å². The van der Waals surface area contributed by atoms with Crippen LogP contribution in [-0.4, -0.2) is 35.8 Å². The van der Waals surface area contributed by atoms with Gasteiger partial charge in [0.05, 0.1) is 6.10 Å². The van der Waals surface area contributed by atoms with Crippen LogP contribution in [0.5, 0.6) is 5.75 Å². The van der Waals surface area contributed by atoms with E-state index in [0.29, 0.717) is 6.61 Å². The molecule has 0 radical (unpaired) electrons. The second kappa shape index (κ2) is 7.90. The molecule has 0 aliphatic carbocycles. The van der Waals surface area contributed by atoms with Crippen molar-refractivity contribution in [3.8, 4) is 5.75 Å². The summed E-state index contributed by atoms with van der Waals surface area (Å²) in [5.41, 5.74) is 2.88. The van der Waals surface area contributed by atoms with E-state index in [0.717, 1.165) is 49.0 Å². The third kappa shape index (κ3) is 3.90. The van der Waals surface area contributed by atoms with Gasteiger partial charge in [-0.05, 0) is 35.4 Å². The van der Waals surface area contributed by atoms with E-state index >= 15 is 0 Å². The lowest BCUT2D eigenvalue weighted by atomic mass is 10.00. The van der Waals surface area contributed by atoms with Crippen molar-refractivity contribution in [2.45, 2.75) is 25.5 Å². The van der Waals surface area contributed by atoms with E-state index in [1.165, 1.54) is 11.1 Å². The SMILES string of the molecule is OC(CCN1CCc2ccccc2C1)COc1cccc2ccccc12. The summed E-state index contributed by atoms with van der Waals surface area (Å²) in [5.74, 6) is 0.842. The van der Waals surface area contributed by atoms with Crippen LogP contribution < -0.4 is 4.74 Å². The monoisotopic (exact) mass is 347 g/mol. The zero-order chi connectivity index (χ0) is 17.8. The van der Waals surface area contributed by atoms with E-state index < -0.39 is 6.10 Å². The summed E-state index contributed by atoms with van der Waals surface area (Å²) in [5, 5.41) is 12.6. The van der Waals surface area contributed by atoms with Gasteiger partial charge in [0.25, 0.3) is 0 Å². The Kier molecular flexibility index (Phi) is 5.19. The molecule has 4 rings (SSSR count). The first-order chi connectivity index (χ1) is 12.8. The van der Waals surface area contributed by atoms with Crippen LogP contribution in [0.1, 0.15) is 17.5 Å². The molecule has 0 spiro atoms. The maximum Gasteiger partial charge on any atom is 0.127 e. The minimum Gasteiger partial charge on any atom is -0.490 e. The molecular weight excluding hydrogens is 322 g/mol. The van der Waals surface area contributed by atoms with Crippen LogP contribution in [0.4, 0.5) is 0 Å². The summed E-state index contributed by atoms with van der Waals surface area (Å²) in [6, 6.07) is 22.9. The van der Waals surface area contributed by atoms with Crippen LogP contribution in [-0.2, 0) is 13.0 Å². The number of hydrogen-bond donors (Lipinski definition) is 1. The summed E-state index contributed by atoms with van der Waals surface area (Å²) in [4.78, 5) is 2.42. The third-order valence-electron chi connectivity index (χ3n) is 5.17. The van der Waals surface area contributed by atoms with Crippen LogP contribution in [0.2, 0.25) is 0 Å². The second-order valence-corrected chi connectivity index (χ2v) is 7.03. The van der Waals surface area contributed by atoms with Crippen molar-refractivity contribution in [2.24, 2.45) is 0 Å². The summed E-state index contributed by atoms with van der Waals surface area (Å²) in [7, 11) is 0. The topological polar surface area (TPSA) is 32.7 Å². The number of aliphatic hydroxyl groups is 1. The largest absolute Gasteiger partial charge is 0.490 e. The lowest BCUT2D eigenvalue weighted by molar-refractivity contribution is 0.0862.